The standard InChI is InChI=1S/C14H17NO4/c1-11-3-2-4-12(9-11)14(17)19-10-13(16)15-5-7-18-8-6-15/h2-4,9H,5-8,10H2,1H3. The number of carbonyl (C=O) groups is 2. The molecule has 2 rings (SSSR count). The van der Waals surface area contributed by atoms with Crippen LogP contribution in [0.2, 0.25) is 0 Å². The van der Waals surface area contributed by atoms with Crippen molar-refractivity contribution in [1.29, 1.82) is 0 Å². The van der Waals surface area contributed by atoms with Crippen molar-refractivity contribution >= 4 is 11.9 Å². The van der Waals surface area contributed by atoms with Crippen LogP contribution in [0, 0.1) is 6.92 Å². The predicted molar refractivity (Wildman–Crippen MR) is 68.9 cm³/mol. The van der Waals surface area contributed by atoms with Gasteiger partial charge < -0.3 is 14.4 Å². The second-order valence-electron chi connectivity index (χ2n) is 4.44. The fraction of sp³-hybridized carbons (Fsp3) is 0.429. The van der Waals surface area contributed by atoms with Crippen LogP contribution in [0.4, 0.5) is 0 Å². The van der Waals surface area contributed by atoms with Gasteiger partial charge in [-0.2, -0.15) is 0 Å². The van der Waals surface area contributed by atoms with E-state index in [1.807, 2.05) is 13.0 Å². The van der Waals surface area contributed by atoms with E-state index in [4.69, 9.17) is 9.47 Å². The van der Waals surface area contributed by atoms with E-state index in [2.05, 4.69) is 0 Å². The molecule has 0 unspecified atom stereocenters. The fourth-order valence-corrected chi connectivity index (χ4v) is 1.89. The Bertz CT molecular complexity index is 466. The highest BCUT2D eigenvalue weighted by Crippen LogP contribution is 2.06. The molecule has 1 aromatic rings. The molecule has 1 fully saturated rings. The van der Waals surface area contributed by atoms with E-state index in [0.717, 1.165) is 5.56 Å². The van der Waals surface area contributed by atoms with Crippen molar-refractivity contribution < 1.29 is 19.1 Å². The molecule has 1 aromatic carbocycles. The lowest BCUT2D eigenvalue weighted by atomic mass is 10.1. The second kappa shape index (κ2) is 6.33. The minimum absolute atomic E-state index is 0.177. The molecule has 0 aromatic heterocycles. The van der Waals surface area contributed by atoms with E-state index >= 15 is 0 Å². The maximum atomic E-state index is 11.8. The smallest absolute Gasteiger partial charge is 0.338 e. The minimum atomic E-state index is -0.467. The highest BCUT2D eigenvalue weighted by Gasteiger charge is 2.18. The highest BCUT2D eigenvalue weighted by molar-refractivity contribution is 5.91. The van der Waals surface area contributed by atoms with Crippen LogP contribution in [0.25, 0.3) is 0 Å². The summed E-state index contributed by atoms with van der Waals surface area (Å²) in [5, 5.41) is 0. The number of rotatable bonds is 3. The number of benzene rings is 1. The van der Waals surface area contributed by atoms with Gasteiger partial charge in [0.25, 0.3) is 5.91 Å². The Labute approximate surface area is 112 Å². The van der Waals surface area contributed by atoms with Crippen LogP contribution < -0.4 is 0 Å². The van der Waals surface area contributed by atoms with Gasteiger partial charge in [0.2, 0.25) is 0 Å². The van der Waals surface area contributed by atoms with Crippen molar-refractivity contribution in [3.05, 3.63) is 35.4 Å². The third kappa shape index (κ3) is 3.79. The van der Waals surface area contributed by atoms with Crippen LogP contribution in [0.1, 0.15) is 15.9 Å². The lowest BCUT2D eigenvalue weighted by Crippen LogP contribution is -2.42. The molecule has 19 heavy (non-hydrogen) atoms. The lowest BCUT2D eigenvalue weighted by Gasteiger charge is -2.26. The van der Waals surface area contributed by atoms with E-state index < -0.39 is 5.97 Å². The Balaban J connectivity index is 1.84. The third-order valence-corrected chi connectivity index (χ3v) is 2.94. The van der Waals surface area contributed by atoms with E-state index in [1.165, 1.54) is 0 Å². The molecule has 0 N–H and O–H groups in total. The molecule has 5 heteroatoms. The Morgan fingerprint density at radius 1 is 1.32 bits per heavy atom. The van der Waals surface area contributed by atoms with Crippen LogP contribution >= 0.6 is 0 Å². The SMILES string of the molecule is Cc1cccc(C(=O)OCC(=O)N2CCOCC2)c1. The Morgan fingerprint density at radius 2 is 2.05 bits per heavy atom. The number of nitrogens with zero attached hydrogens (tertiary/aromatic N) is 1. The van der Waals surface area contributed by atoms with E-state index in [1.54, 1.807) is 23.1 Å². The number of esters is 1. The molecule has 5 nitrogen and oxygen atoms in total. The van der Waals surface area contributed by atoms with E-state index in [-0.39, 0.29) is 12.5 Å². The van der Waals surface area contributed by atoms with Gasteiger partial charge in [0, 0.05) is 13.1 Å². The zero-order valence-corrected chi connectivity index (χ0v) is 10.9. The van der Waals surface area contributed by atoms with Crippen molar-refractivity contribution in [2.45, 2.75) is 6.92 Å². The number of morpholine rings is 1. The summed E-state index contributed by atoms with van der Waals surface area (Å²) < 4.78 is 10.2. The van der Waals surface area contributed by atoms with Crippen molar-refractivity contribution in [1.82, 2.24) is 4.90 Å². The van der Waals surface area contributed by atoms with Crippen LogP contribution in [0.3, 0.4) is 0 Å². The van der Waals surface area contributed by atoms with Crippen molar-refractivity contribution in [3.8, 4) is 0 Å². The first-order chi connectivity index (χ1) is 9.16. The lowest BCUT2D eigenvalue weighted by molar-refractivity contribution is -0.138. The van der Waals surface area contributed by atoms with E-state index in [0.29, 0.717) is 31.9 Å². The molecule has 1 aliphatic heterocycles. The summed E-state index contributed by atoms with van der Waals surface area (Å²) in [7, 11) is 0. The molecule has 0 saturated carbocycles. The minimum Gasteiger partial charge on any atom is -0.452 e. The molecule has 1 aliphatic rings. The maximum Gasteiger partial charge on any atom is 0.338 e. The number of hydrogen-bond acceptors (Lipinski definition) is 4. The number of ether oxygens (including phenoxy) is 2. The van der Waals surface area contributed by atoms with Crippen LogP contribution in [0.5, 0.6) is 0 Å². The van der Waals surface area contributed by atoms with Crippen molar-refractivity contribution in [2.24, 2.45) is 0 Å². The van der Waals surface area contributed by atoms with Crippen molar-refractivity contribution in [2.75, 3.05) is 32.9 Å². The topological polar surface area (TPSA) is 55.8 Å². The largest absolute Gasteiger partial charge is 0.452 e. The average molecular weight is 263 g/mol. The maximum absolute atomic E-state index is 11.8. The average Bonchev–Trinajstić information content (AvgIpc) is 2.45. The van der Waals surface area contributed by atoms with Crippen LogP contribution in [-0.2, 0) is 14.3 Å². The molecule has 0 radical (unpaired) electrons. The monoisotopic (exact) mass is 263 g/mol. The highest BCUT2D eigenvalue weighted by atomic mass is 16.5. The zero-order chi connectivity index (χ0) is 13.7. The summed E-state index contributed by atoms with van der Waals surface area (Å²) in [6.07, 6.45) is 0. The molecule has 0 spiro atoms. The quantitative estimate of drug-likeness (QED) is 0.764. The summed E-state index contributed by atoms with van der Waals surface area (Å²) in [4.78, 5) is 25.2. The Kier molecular flexibility index (Phi) is 4.52. The first-order valence-corrected chi connectivity index (χ1v) is 6.26. The number of hydrogen-bond donors (Lipinski definition) is 0. The van der Waals surface area contributed by atoms with Crippen LogP contribution in [-0.4, -0.2) is 49.7 Å². The molecule has 0 aliphatic carbocycles. The summed E-state index contributed by atoms with van der Waals surface area (Å²) >= 11 is 0. The molecule has 0 atom stereocenters. The zero-order valence-electron chi connectivity index (χ0n) is 10.9. The Morgan fingerprint density at radius 3 is 2.74 bits per heavy atom. The summed E-state index contributed by atoms with van der Waals surface area (Å²) in [6, 6.07) is 7.10. The van der Waals surface area contributed by atoms with E-state index in [9.17, 15) is 9.59 Å². The second-order valence-corrected chi connectivity index (χ2v) is 4.44. The Hall–Kier alpha value is -1.88. The summed E-state index contributed by atoms with van der Waals surface area (Å²) in [5.41, 5.74) is 1.45. The van der Waals surface area contributed by atoms with Gasteiger partial charge in [0.05, 0.1) is 18.8 Å². The van der Waals surface area contributed by atoms with Gasteiger partial charge >= 0.3 is 5.97 Å². The predicted octanol–water partition coefficient (Wildman–Crippen LogP) is 1.01. The molecule has 1 amide bonds. The summed E-state index contributed by atoms with van der Waals surface area (Å²) in [6.45, 7) is 3.87. The van der Waals surface area contributed by atoms with Gasteiger partial charge in [-0.05, 0) is 19.1 Å². The molecule has 102 valence electrons. The normalized spacial score (nSPS) is 15.1. The van der Waals surface area contributed by atoms with Gasteiger partial charge in [-0.25, -0.2) is 4.79 Å². The van der Waals surface area contributed by atoms with Gasteiger partial charge in [0.1, 0.15) is 0 Å². The van der Waals surface area contributed by atoms with Gasteiger partial charge in [0.15, 0.2) is 6.61 Å². The van der Waals surface area contributed by atoms with Gasteiger partial charge in [-0.1, -0.05) is 17.7 Å². The van der Waals surface area contributed by atoms with Crippen molar-refractivity contribution in [3.63, 3.8) is 0 Å². The molecular formula is C14H17NO4. The fourth-order valence-electron chi connectivity index (χ4n) is 1.89. The van der Waals surface area contributed by atoms with Gasteiger partial charge in [-0.3, -0.25) is 4.79 Å². The third-order valence-electron chi connectivity index (χ3n) is 2.94. The molecular weight excluding hydrogens is 246 g/mol. The van der Waals surface area contributed by atoms with Gasteiger partial charge in [-0.15, -0.1) is 0 Å². The molecule has 1 heterocycles. The number of aryl methyl sites for hydroxylation is 1. The first-order valence-electron chi connectivity index (χ1n) is 6.26. The first kappa shape index (κ1) is 13.5. The number of carbonyl (C=O) groups excluding carboxylic acids is 2. The molecule has 0 bridgehead atoms. The summed E-state index contributed by atoms with van der Waals surface area (Å²) in [5.74, 6) is -0.644. The van der Waals surface area contributed by atoms with Crippen LogP contribution in [0.15, 0.2) is 24.3 Å². The number of amides is 1. The molecule has 1 saturated heterocycles.